The van der Waals surface area contributed by atoms with Crippen molar-refractivity contribution in [1.29, 1.82) is 0 Å². The number of sulfone groups is 4. The number of hydrogen-bond acceptors (Lipinski definition) is 11. The Balaban J connectivity index is 0.000000269. The summed E-state index contributed by atoms with van der Waals surface area (Å²) in [4.78, 5) is 20.4. The predicted octanol–water partition coefficient (Wildman–Crippen LogP) is 10.6. The van der Waals surface area contributed by atoms with E-state index in [-0.39, 0.29) is 29.2 Å². The Kier molecular flexibility index (Phi) is 18.4. The molecule has 6 aromatic carbocycles. The fourth-order valence-corrected chi connectivity index (χ4v) is 10.8. The van der Waals surface area contributed by atoms with E-state index in [1.165, 1.54) is 36.4 Å². The first kappa shape index (κ1) is 60.9. The van der Waals surface area contributed by atoms with Gasteiger partial charge in [-0.3, -0.25) is 4.79 Å². The van der Waals surface area contributed by atoms with E-state index in [1.54, 1.807) is 0 Å². The average molecular weight is 1150 g/mol. The van der Waals surface area contributed by atoms with Gasteiger partial charge in [-0.15, -0.1) is 0 Å². The number of carboxylic acid groups (broad SMARTS) is 1. The van der Waals surface area contributed by atoms with Gasteiger partial charge in [0.1, 0.15) is 0 Å². The molecular weight excluding hydrogens is 1110 g/mol. The zero-order valence-electron chi connectivity index (χ0n) is 38.1. The zero-order chi connectivity index (χ0) is 56.9. The van der Waals surface area contributed by atoms with Crippen molar-refractivity contribution in [1.82, 2.24) is 0 Å². The SMILES string of the molecule is CS(=O)(=O)c1cc(C(F)(F)F)ccc1C(=O)CCc1ccc(S(=O)(=O)c2cccc(C(F)(F)F)c2)cc1.CS(=O)(=O)c1cc(C(F)(F)F)ccc1C(=O)O.NCc1ccc(S(=O)(=O)c2cccc(C(F)(F)F)c2)cc1. The second-order valence-corrected chi connectivity index (χ2v) is 23.6. The van der Waals surface area contributed by atoms with Crippen molar-refractivity contribution in [3.8, 4) is 0 Å². The first-order chi connectivity index (χ1) is 34.2. The van der Waals surface area contributed by atoms with Gasteiger partial charge in [0.2, 0.25) is 19.7 Å². The molecule has 404 valence electrons. The fraction of sp³-hybridized carbons (Fsp3) is 0.191. The van der Waals surface area contributed by atoms with E-state index in [4.69, 9.17) is 10.8 Å². The molecule has 75 heavy (non-hydrogen) atoms. The van der Waals surface area contributed by atoms with E-state index in [1.807, 2.05) is 0 Å². The van der Waals surface area contributed by atoms with Crippen molar-refractivity contribution < 1.29 is 101 Å². The number of alkyl halides is 12. The van der Waals surface area contributed by atoms with Crippen molar-refractivity contribution in [2.75, 3.05) is 12.5 Å². The third-order valence-electron chi connectivity index (χ3n) is 10.2. The topological polar surface area (TPSA) is 217 Å². The summed E-state index contributed by atoms with van der Waals surface area (Å²) in [5.41, 5.74) is 0.950. The lowest BCUT2D eigenvalue weighted by molar-refractivity contribution is -0.138. The summed E-state index contributed by atoms with van der Waals surface area (Å²) < 4.78 is 249. The number of carbonyl (C=O) groups is 2. The maximum absolute atomic E-state index is 13.0. The van der Waals surface area contributed by atoms with Crippen molar-refractivity contribution in [2.45, 2.75) is 73.5 Å². The molecule has 0 aliphatic carbocycles. The molecule has 12 nitrogen and oxygen atoms in total. The van der Waals surface area contributed by atoms with Gasteiger partial charge in [-0.2, -0.15) is 52.7 Å². The van der Waals surface area contributed by atoms with Crippen LogP contribution in [0.3, 0.4) is 0 Å². The highest BCUT2D eigenvalue weighted by atomic mass is 32.2. The maximum Gasteiger partial charge on any atom is 0.416 e. The summed E-state index contributed by atoms with van der Waals surface area (Å²) in [6.45, 7) is 0.254. The molecule has 0 unspecified atom stereocenters. The van der Waals surface area contributed by atoms with Crippen LogP contribution in [0.1, 0.15) is 60.5 Å². The van der Waals surface area contributed by atoms with Crippen molar-refractivity contribution >= 4 is 51.1 Å². The normalized spacial score (nSPS) is 12.7. The van der Waals surface area contributed by atoms with Gasteiger partial charge >= 0.3 is 30.7 Å². The monoisotopic (exact) mass is 1150 g/mol. The molecule has 3 N–H and O–H groups in total. The number of ketones is 1. The molecule has 6 rings (SSSR count). The molecule has 0 saturated heterocycles. The molecule has 0 aromatic heterocycles. The molecule has 0 aliphatic heterocycles. The van der Waals surface area contributed by atoms with Crippen LogP contribution in [0.4, 0.5) is 52.7 Å². The Morgan fingerprint density at radius 2 is 0.773 bits per heavy atom. The highest BCUT2D eigenvalue weighted by molar-refractivity contribution is 7.92. The zero-order valence-corrected chi connectivity index (χ0v) is 41.4. The summed E-state index contributed by atoms with van der Waals surface area (Å²) in [5.74, 6) is -2.34. The molecule has 0 aliphatic rings. The lowest BCUT2D eigenvalue weighted by Gasteiger charge is -2.12. The highest BCUT2D eigenvalue weighted by Gasteiger charge is 2.36. The number of carboxylic acids is 1. The Hall–Kier alpha value is -6.62. The van der Waals surface area contributed by atoms with Crippen LogP contribution in [0, 0.1) is 0 Å². The number of halogens is 12. The number of Topliss-reactive ketones (excluding diaryl/α,β-unsaturated/α-hetero) is 1. The van der Waals surface area contributed by atoms with Crippen LogP contribution in [-0.4, -0.2) is 63.0 Å². The van der Waals surface area contributed by atoms with Crippen LogP contribution in [0.2, 0.25) is 0 Å². The number of aromatic carboxylic acids is 1. The van der Waals surface area contributed by atoms with Crippen LogP contribution in [-0.2, 0) is 77.0 Å². The Bertz CT molecular complexity index is 3540. The minimum absolute atomic E-state index is 0.00700. The first-order valence-corrected chi connectivity index (χ1v) is 27.3. The number of hydrogen-bond donors (Lipinski definition) is 2. The largest absolute Gasteiger partial charge is 0.478 e. The molecule has 0 radical (unpaired) electrons. The molecule has 0 atom stereocenters. The van der Waals surface area contributed by atoms with Crippen LogP contribution in [0.25, 0.3) is 0 Å². The second-order valence-electron chi connectivity index (χ2n) is 15.7. The van der Waals surface area contributed by atoms with Gasteiger partial charge in [0, 0.05) is 31.0 Å². The van der Waals surface area contributed by atoms with Crippen molar-refractivity contribution in [3.63, 3.8) is 0 Å². The summed E-state index contributed by atoms with van der Waals surface area (Å²) in [5, 5.41) is 8.68. The number of aryl methyl sites for hydroxylation is 1. The summed E-state index contributed by atoms with van der Waals surface area (Å²) in [6.07, 6.45) is -17.8. The lowest BCUT2D eigenvalue weighted by Crippen LogP contribution is -2.13. The minimum Gasteiger partial charge on any atom is -0.478 e. The standard InChI is InChI=1S/C24H18F6O5S2.C14H12F3NO2S.C9H7F3O4S/c1-36(32,33)22-14-17(24(28,29)30)8-11-20(22)21(31)12-7-15-5-9-18(10-6-15)37(34,35)19-4-2-3-16(13-19)23(25,26)27;15-14(16,17)11-2-1-3-13(8-11)21(19,20)12-6-4-10(9-18)5-7-12;1-17(15,16)7-4-5(9(10,11)12)2-3-6(7)8(13)14/h2-6,8-11,13-14H,7,12H2,1H3;1-8H,9,18H2;2-4H,1H3,(H,13,14). The number of nitrogens with two attached hydrogens (primary N) is 1. The second kappa shape index (κ2) is 22.7. The van der Waals surface area contributed by atoms with Crippen molar-refractivity contribution in [2.24, 2.45) is 5.73 Å². The Morgan fingerprint density at radius 3 is 1.11 bits per heavy atom. The number of rotatable bonds is 12. The molecule has 0 fully saturated rings. The molecule has 0 bridgehead atoms. The smallest absolute Gasteiger partial charge is 0.416 e. The van der Waals surface area contributed by atoms with E-state index in [2.05, 4.69) is 0 Å². The predicted molar refractivity (Wildman–Crippen MR) is 243 cm³/mol. The third kappa shape index (κ3) is 15.9. The van der Waals surface area contributed by atoms with Gasteiger partial charge in [0.15, 0.2) is 25.5 Å². The van der Waals surface area contributed by atoms with E-state index in [9.17, 15) is 95.9 Å². The molecule has 6 aromatic rings. The summed E-state index contributed by atoms with van der Waals surface area (Å²) in [6, 6.07) is 20.9. The molecule has 0 heterocycles. The average Bonchev–Trinajstić information content (AvgIpc) is 3.31. The first-order valence-electron chi connectivity index (χ1n) is 20.5. The summed E-state index contributed by atoms with van der Waals surface area (Å²) >= 11 is 0. The fourth-order valence-electron chi connectivity index (χ4n) is 6.40. The van der Waals surface area contributed by atoms with Gasteiger partial charge in [-0.05, 0) is 115 Å². The quantitative estimate of drug-likeness (QED) is 0.0864. The van der Waals surface area contributed by atoms with E-state index in [0.717, 1.165) is 60.2 Å². The maximum atomic E-state index is 13.0. The third-order valence-corrected chi connectivity index (χ3v) is 16.0. The molecular formula is C47H37F12NO11S4. The van der Waals surface area contributed by atoms with Crippen LogP contribution in [0.15, 0.2) is 163 Å². The number of carbonyl (C=O) groups excluding carboxylic acids is 1. The Labute approximate surface area is 420 Å². The summed E-state index contributed by atoms with van der Waals surface area (Å²) in [7, 11) is -16.5. The Morgan fingerprint density at radius 1 is 0.440 bits per heavy atom. The van der Waals surface area contributed by atoms with Crippen LogP contribution < -0.4 is 5.73 Å². The van der Waals surface area contributed by atoms with E-state index < -0.39 is 129 Å². The van der Waals surface area contributed by atoms with Gasteiger partial charge in [0.05, 0.1) is 57.2 Å². The van der Waals surface area contributed by atoms with Crippen molar-refractivity contribution in [3.05, 3.63) is 178 Å². The number of benzene rings is 6. The molecule has 28 heteroatoms. The van der Waals surface area contributed by atoms with Gasteiger partial charge < -0.3 is 10.8 Å². The van der Waals surface area contributed by atoms with Gasteiger partial charge in [-0.1, -0.05) is 36.4 Å². The minimum atomic E-state index is -4.81. The highest BCUT2D eigenvalue weighted by Crippen LogP contribution is 2.36. The van der Waals surface area contributed by atoms with Crippen LogP contribution >= 0.6 is 0 Å². The van der Waals surface area contributed by atoms with Gasteiger partial charge in [-0.25, -0.2) is 38.5 Å². The lowest BCUT2D eigenvalue weighted by atomic mass is 10.0. The van der Waals surface area contributed by atoms with E-state index in [0.29, 0.717) is 60.5 Å². The van der Waals surface area contributed by atoms with E-state index >= 15 is 0 Å². The molecule has 0 amide bonds. The van der Waals surface area contributed by atoms with Crippen LogP contribution in [0.5, 0.6) is 0 Å². The molecule has 0 spiro atoms. The van der Waals surface area contributed by atoms with Gasteiger partial charge in [0.25, 0.3) is 0 Å². The molecule has 0 saturated carbocycles.